The van der Waals surface area contributed by atoms with Crippen LogP contribution in [0.15, 0.2) is 12.7 Å². The monoisotopic (exact) mass is 195 g/mol. The molecule has 70 valence electrons. The van der Waals surface area contributed by atoms with Crippen LogP contribution < -0.4 is 0 Å². The molecule has 0 amide bonds. The van der Waals surface area contributed by atoms with E-state index in [9.17, 15) is 4.57 Å². The van der Waals surface area contributed by atoms with Gasteiger partial charge in [0.25, 0.3) is 0 Å². The molecule has 0 bridgehead atoms. The van der Waals surface area contributed by atoms with Gasteiger partial charge in [0.05, 0.1) is 13.2 Å². The molecule has 0 rings (SSSR count). The van der Waals surface area contributed by atoms with Gasteiger partial charge in [0.1, 0.15) is 12.7 Å². The standard InChI is InChI=1S/C6H11O5P/c1-2-3-10-4-6(7)5-11-12(8)9/h2,6-7H,1,3-5H2/p+1. The molecular weight excluding hydrogens is 183 g/mol. The van der Waals surface area contributed by atoms with Crippen LogP contribution in [0.1, 0.15) is 0 Å². The normalized spacial score (nSPS) is 14.0. The average Bonchev–Trinajstić information content (AvgIpc) is 2.01. The van der Waals surface area contributed by atoms with E-state index in [1.807, 2.05) is 0 Å². The molecule has 0 aromatic rings. The first-order valence-electron chi connectivity index (χ1n) is 3.32. The topological polar surface area (TPSA) is 76.0 Å². The van der Waals surface area contributed by atoms with Crippen LogP contribution in [0.3, 0.4) is 0 Å². The van der Waals surface area contributed by atoms with Gasteiger partial charge in [-0.1, -0.05) is 6.08 Å². The fraction of sp³-hybridized carbons (Fsp3) is 0.667. The molecule has 2 unspecified atom stereocenters. The van der Waals surface area contributed by atoms with E-state index in [1.54, 1.807) is 6.08 Å². The van der Waals surface area contributed by atoms with E-state index in [4.69, 9.17) is 14.7 Å². The second-order valence-corrected chi connectivity index (χ2v) is 2.75. The summed E-state index contributed by atoms with van der Waals surface area (Å²) in [7, 11) is -2.64. The van der Waals surface area contributed by atoms with Crippen LogP contribution in [0.5, 0.6) is 0 Å². The van der Waals surface area contributed by atoms with Gasteiger partial charge in [-0.2, -0.15) is 0 Å². The lowest BCUT2D eigenvalue weighted by Crippen LogP contribution is -2.20. The van der Waals surface area contributed by atoms with Crippen molar-refractivity contribution in [2.45, 2.75) is 6.10 Å². The predicted molar refractivity (Wildman–Crippen MR) is 42.8 cm³/mol. The Kier molecular flexibility index (Phi) is 7.14. The quantitative estimate of drug-likeness (QED) is 0.345. The summed E-state index contributed by atoms with van der Waals surface area (Å²) < 4.78 is 19.1. The number of hydrogen-bond acceptors (Lipinski definition) is 4. The molecule has 0 spiro atoms. The van der Waals surface area contributed by atoms with Gasteiger partial charge in [-0.3, -0.25) is 0 Å². The Labute approximate surface area is 71.6 Å². The van der Waals surface area contributed by atoms with E-state index in [2.05, 4.69) is 11.1 Å². The van der Waals surface area contributed by atoms with Crippen LogP contribution in [-0.4, -0.2) is 35.9 Å². The highest BCUT2D eigenvalue weighted by Gasteiger charge is 2.15. The molecular formula is C6H12O5P+. The van der Waals surface area contributed by atoms with Gasteiger partial charge < -0.3 is 9.84 Å². The zero-order valence-corrected chi connectivity index (χ0v) is 7.44. The predicted octanol–water partition coefficient (Wildman–Crippen LogP) is 0.216. The highest BCUT2D eigenvalue weighted by molar-refractivity contribution is 7.32. The molecule has 0 aliphatic carbocycles. The minimum absolute atomic E-state index is 0.0647. The lowest BCUT2D eigenvalue weighted by atomic mass is 10.4. The van der Waals surface area contributed by atoms with Crippen molar-refractivity contribution in [1.82, 2.24) is 0 Å². The third kappa shape index (κ3) is 7.78. The first-order chi connectivity index (χ1) is 5.66. The summed E-state index contributed by atoms with van der Waals surface area (Å²) >= 11 is 0. The molecule has 0 heterocycles. The largest absolute Gasteiger partial charge is 0.694 e. The number of rotatable bonds is 7. The molecule has 0 aliphatic rings. The van der Waals surface area contributed by atoms with Gasteiger partial charge in [-0.05, 0) is 0 Å². The van der Waals surface area contributed by atoms with Crippen molar-refractivity contribution >= 4 is 8.25 Å². The highest BCUT2D eigenvalue weighted by atomic mass is 31.1. The Morgan fingerprint density at radius 3 is 2.75 bits per heavy atom. The molecule has 5 nitrogen and oxygen atoms in total. The second kappa shape index (κ2) is 7.34. The van der Waals surface area contributed by atoms with E-state index in [0.717, 1.165) is 0 Å². The number of aliphatic hydroxyl groups is 1. The van der Waals surface area contributed by atoms with Crippen molar-refractivity contribution < 1.29 is 23.8 Å². The van der Waals surface area contributed by atoms with E-state index in [-0.39, 0.29) is 13.2 Å². The van der Waals surface area contributed by atoms with E-state index < -0.39 is 14.4 Å². The van der Waals surface area contributed by atoms with Gasteiger partial charge in [0.2, 0.25) is 0 Å². The Morgan fingerprint density at radius 1 is 1.58 bits per heavy atom. The van der Waals surface area contributed by atoms with Crippen LogP contribution in [0.2, 0.25) is 0 Å². The van der Waals surface area contributed by atoms with Gasteiger partial charge in [-0.25, -0.2) is 0 Å². The van der Waals surface area contributed by atoms with Crippen molar-refractivity contribution in [3.05, 3.63) is 12.7 Å². The second-order valence-electron chi connectivity index (χ2n) is 2.01. The summed E-state index contributed by atoms with van der Waals surface area (Å²) in [5.41, 5.74) is 0. The van der Waals surface area contributed by atoms with Crippen LogP contribution in [0.4, 0.5) is 0 Å². The SMILES string of the molecule is C=CCOCC(O)CO[P+](=O)O. The lowest BCUT2D eigenvalue weighted by Gasteiger charge is -2.05. The van der Waals surface area contributed by atoms with Crippen molar-refractivity contribution in [3.63, 3.8) is 0 Å². The van der Waals surface area contributed by atoms with E-state index in [0.29, 0.717) is 6.61 Å². The van der Waals surface area contributed by atoms with Crippen LogP contribution in [0, 0.1) is 0 Å². The Morgan fingerprint density at radius 2 is 2.25 bits per heavy atom. The third-order valence-corrected chi connectivity index (χ3v) is 1.29. The van der Waals surface area contributed by atoms with Gasteiger partial charge in [-0.15, -0.1) is 16.0 Å². The van der Waals surface area contributed by atoms with Crippen molar-refractivity contribution in [2.24, 2.45) is 0 Å². The fourth-order valence-corrected chi connectivity index (χ4v) is 0.785. The van der Waals surface area contributed by atoms with Gasteiger partial charge in [0, 0.05) is 4.57 Å². The minimum Gasteiger partial charge on any atom is -0.388 e. The van der Waals surface area contributed by atoms with Crippen molar-refractivity contribution in [2.75, 3.05) is 19.8 Å². The van der Waals surface area contributed by atoms with Gasteiger partial charge in [0.15, 0.2) is 0 Å². The Hall–Kier alpha value is -0.320. The zero-order chi connectivity index (χ0) is 9.40. The molecule has 0 saturated heterocycles. The van der Waals surface area contributed by atoms with Gasteiger partial charge >= 0.3 is 8.25 Å². The average molecular weight is 195 g/mol. The Balaban J connectivity index is 3.26. The molecule has 0 radical (unpaired) electrons. The maximum atomic E-state index is 9.99. The van der Waals surface area contributed by atoms with Crippen LogP contribution >= 0.6 is 8.25 Å². The maximum absolute atomic E-state index is 9.99. The highest BCUT2D eigenvalue weighted by Crippen LogP contribution is 2.14. The van der Waals surface area contributed by atoms with Crippen LogP contribution in [0.25, 0.3) is 0 Å². The first-order valence-corrected chi connectivity index (χ1v) is 4.45. The number of aliphatic hydroxyl groups excluding tert-OH is 1. The molecule has 0 aromatic carbocycles. The molecule has 0 aromatic heterocycles. The third-order valence-electron chi connectivity index (χ3n) is 0.923. The summed E-state index contributed by atoms with van der Waals surface area (Å²) in [6, 6.07) is 0. The number of ether oxygens (including phenoxy) is 1. The van der Waals surface area contributed by atoms with Crippen LogP contribution in [-0.2, 0) is 13.8 Å². The smallest absolute Gasteiger partial charge is 0.388 e. The molecule has 12 heavy (non-hydrogen) atoms. The molecule has 6 heteroatoms. The zero-order valence-electron chi connectivity index (χ0n) is 6.55. The van der Waals surface area contributed by atoms with E-state index >= 15 is 0 Å². The molecule has 0 fully saturated rings. The summed E-state index contributed by atoms with van der Waals surface area (Å²) in [6.07, 6.45) is 0.663. The molecule has 2 N–H and O–H groups in total. The van der Waals surface area contributed by atoms with E-state index in [1.165, 1.54) is 0 Å². The van der Waals surface area contributed by atoms with Crippen molar-refractivity contribution in [1.29, 1.82) is 0 Å². The molecule has 2 atom stereocenters. The molecule has 0 saturated carbocycles. The molecule has 0 aliphatic heterocycles. The summed E-state index contributed by atoms with van der Waals surface area (Å²) in [6.45, 7) is 3.60. The summed E-state index contributed by atoms with van der Waals surface area (Å²) in [5.74, 6) is 0. The summed E-state index contributed by atoms with van der Waals surface area (Å²) in [5, 5.41) is 9.00. The number of hydrogen-bond donors (Lipinski definition) is 2. The maximum Gasteiger partial charge on any atom is 0.694 e. The van der Waals surface area contributed by atoms with Crippen molar-refractivity contribution in [3.8, 4) is 0 Å². The fourth-order valence-electron chi connectivity index (χ4n) is 0.485. The lowest BCUT2D eigenvalue weighted by molar-refractivity contribution is 0.0207. The summed E-state index contributed by atoms with van der Waals surface area (Å²) in [4.78, 5) is 8.19. The Bertz CT molecular complexity index is 149. The first kappa shape index (κ1) is 11.7. The minimum atomic E-state index is -2.64.